The molecule has 3 aliphatic rings. The maximum Gasteiger partial charge on any atom is 0.257 e. The normalized spacial score (nSPS) is 23.4. The summed E-state index contributed by atoms with van der Waals surface area (Å²) in [5.41, 5.74) is 3.36. The molecule has 1 aromatic carbocycles. The molecular formula is C27H35N5O2. The van der Waals surface area contributed by atoms with Crippen LogP contribution in [0, 0.1) is 31.6 Å². The van der Waals surface area contributed by atoms with Crippen LogP contribution in [0.15, 0.2) is 36.7 Å². The van der Waals surface area contributed by atoms with Crippen molar-refractivity contribution < 1.29 is 9.59 Å². The second-order valence-corrected chi connectivity index (χ2v) is 10.3. The Morgan fingerprint density at radius 3 is 2.24 bits per heavy atom. The van der Waals surface area contributed by atoms with Gasteiger partial charge in [-0.3, -0.25) is 9.59 Å². The molecular weight excluding hydrogens is 426 g/mol. The Kier molecular flexibility index (Phi) is 6.63. The van der Waals surface area contributed by atoms with Crippen molar-refractivity contribution in [1.29, 1.82) is 0 Å². The first-order valence-corrected chi connectivity index (χ1v) is 12.6. The van der Waals surface area contributed by atoms with Crippen LogP contribution >= 0.6 is 0 Å². The second-order valence-electron chi connectivity index (χ2n) is 10.3. The first kappa shape index (κ1) is 23.0. The lowest BCUT2D eigenvalue weighted by molar-refractivity contribution is -0.128. The van der Waals surface area contributed by atoms with Gasteiger partial charge in [0, 0.05) is 38.6 Å². The van der Waals surface area contributed by atoms with E-state index in [1.165, 1.54) is 18.3 Å². The van der Waals surface area contributed by atoms with Gasteiger partial charge in [0.05, 0.1) is 23.0 Å². The van der Waals surface area contributed by atoms with Crippen LogP contribution < -0.4 is 5.32 Å². The summed E-state index contributed by atoms with van der Waals surface area (Å²) in [5, 5.41) is 3.33. The Morgan fingerprint density at radius 2 is 1.65 bits per heavy atom. The summed E-state index contributed by atoms with van der Waals surface area (Å²) in [6, 6.07) is 10.4. The fourth-order valence-corrected chi connectivity index (χ4v) is 5.78. The van der Waals surface area contributed by atoms with Gasteiger partial charge in [0.1, 0.15) is 6.33 Å². The van der Waals surface area contributed by atoms with Crippen LogP contribution in [0.5, 0.6) is 0 Å². The number of carbonyl (C=O) groups excluding carboxylic acids is 2. The molecule has 1 aromatic heterocycles. The van der Waals surface area contributed by atoms with Crippen molar-refractivity contribution in [2.24, 2.45) is 17.8 Å². The molecule has 1 N–H and O–H groups in total. The molecule has 0 spiro atoms. The predicted octanol–water partition coefficient (Wildman–Crippen LogP) is 3.14. The van der Waals surface area contributed by atoms with E-state index in [0.717, 1.165) is 63.4 Å². The molecule has 3 heterocycles. The van der Waals surface area contributed by atoms with Crippen molar-refractivity contribution in [2.75, 3.05) is 32.7 Å². The van der Waals surface area contributed by atoms with E-state index in [-0.39, 0.29) is 23.8 Å². The van der Waals surface area contributed by atoms with Gasteiger partial charge in [-0.2, -0.15) is 0 Å². The number of benzene rings is 1. The molecule has 180 valence electrons. The standard InChI is InChI=1S/C27H35N5O2/c1-18-25(19(2)29-17-28-18)27(34)32-15-22-13-31(14-23(22)16-32)12-11-24(20-7-4-3-5-8-20)30-26(33)21-9-6-10-21/h3-5,7-8,17,21-24H,6,9-16H2,1-2H3,(H,30,33)/t22?,23?,24-/m0/s1. The summed E-state index contributed by atoms with van der Waals surface area (Å²) in [6.07, 6.45) is 5.64. The molecule has 1 saturated carbocycles. The highest BCUT2D eigenvalue weighted by molar-refractivity contribution is 5.96. The topological polar surface area (TPSA) is 78.4 Å². The molecule has 3 atom stereocenters. The maximum absolute atomic E-state index is 13.2. The van der Waals surface area contributed by atoms with Crippen molar-refractivity contribution in [3.63, 3.8) is 0 Å². The largest absolute Gasteiger partial charge is 0.349 e. The number of amides is 2. The molecule has 3 fully saturated rings. The molecule has 0 radical (unpaired) electrons. The summed E-state index contributed by atoms with van der Waals surface area (Å²) >= 11 is 0. The van der Waals surface area contributed by atoms with Crippen molar-refractivity contribution in [1.82, 2.24) is 25.1 Å². The lowest BCUT2D eigenvalue weighted by atomic mass is 9.84. The lowest BCUT2D eigenvalue weighted by Crippen LogP contribution is -2.39. The predicted molar refractivity (Wildman–Crippen MR) is 130 cm³/mol. The molecule has 2 aliphatic heterocycles. The van der Waals surface area contributed by atoms with Gasteiger partial charge >= 0.3 is 0 Å². The van der Waals surface area contributed by atoms with Gasteiger partial charge in [-0.15, -0.1) is 0 Å². The number of aromatic nitrogens is 2. The Balaban J connectivity index is 1.17. The molecule has 1 aliphatic carbocycles. The van der Waals surface area contributed by atoms with Crippen LogP contribution in [-0.2, 0) is 4.79 Å². The van der Waals surface area contributed by atoms with E-state index in [1.54, 1.807) is 0 Å². The Hall–Kier alpha value is -2.80. The van der Waals surface area contributed by atoms with Gasteiger partial charge in [0.2, 0.25) is 5.91 Å². The third kappa shape index (κ3) is 4.71. The highest BCUT2D eigenvalue weighted by atomic mass is 16.2. The maximum atomic E-state index is 13.2. The zero-order valence-electron chi connectivity index (χ0n) is 20.2. The number of carbonyl (C=O) groups is 2. The van der Waals surface area contributed by atoms with Gasteiger partial charge in [-0.25, -0.2) is 9.97 Å². The highest BCUT2D eigenvalue weighted by Crippen LogP contribution is 2.33. The third-order valence-corrected chi connectivity index (χ3v) is 8.02. The molecule has 5 rings (SSSR count). The summed E-state index contributed by atoms with van der Waals surface area (Å²) in [5.74, 6) is 1.49. The van der Waals surface area contributed by atoms with Gasteiger partial charge in [-0.1, -0.05) is 36.8 Å². The summed E-state index contributed by atoms with van der Waals surface area (Å²) in [4.78, 5) is 38.8. The number of rotatable bonds is 7. The van der Waals surface area contributed by atoms with Crippen LogP contribution in [0.4, 0.5) is 0 Å². The zero-order valence-corrected chi connectivity index (χ0v) is 20.2. The van der Waals surface area contributed by atoms with Crippen molar-refractivity contribution in [2.45, 2.75) is 45.6 Å². The molecule has 7 nitrogen and oxygen atoms in total. The van der Waals surface area contributed by atoms with E-state index >= 15 is 0 Å². The fourth-order valence-electron chi connectivity index (χ4n) is 5.78. The third-order valence-electron chi connectivity index (χ3n) is 8.02. The Labute approximate surface area is 202 Å². The number of nitrogens with zero attached hydrogens (tertiary/aromatic N) is 4. The number of hydrogen-bond donors (Lipinski definition) is 1. The molecule has 2 saturated heterocycles. The minimum absolute atomic E-state index is 0.0526. The minimum Gasteiger partial charge on any atom is -0.349 e. The fraction of sp³-hybridized carbons (Fsp3) is 0.556. The van der Waals surface area contributed by atoms with Crippen molar-refractivity contribution >= 4 is 11.8 Å². The lowest BCUT2D eigenvalue weighted by Gasteiger charge is -2.29. The van der Waals surface area contributed by atoms with E-state index in [9.17, 15) is 9.59 Å². The van der Waals surface area contributed by atoms with Gasteiger partial charge in [0.25, 0.3) is 5.91 Å². The number of nitrogens with one attached hydrogen (secondary N) is 1. The van der Waals surface area contributed by atoms with Gasteiger partial charge < -0.3 is 15.1 Å². The van der Waals surface area contributed by atoms with E-state index in [1.807, 2.05) is 36.9 Å². The average Bonchev–Trinajstić information content (AvgIpc) is 3.35. The van der Waals surface area contributed by atoms with Crippen molar-refractivity contribution in [3.05, 3.63) is 59.2 Å². The van der Waals surface area contributed by atoms with Crippen LogP contribution in [-0.4, -0.2) is 64.3 Å². The molecule has 7 heteroatoms. The van der Waals surface area contributed by atoms with Crippen LogP contribution in [0.3, 0.4) is 0 Å². The number of aryl methyl sites for hydroxylation is 2. The van der Waals surface area contributed by atoms with E-state index in [4.69, 9.17) is 0 Å². The number of fused-ring (bicyclic) bond motifs is 1. The Morgan fingerprint density at radius 1 is 1.00 bits per heavy atom. The van der Waals surface area contributed by atoms with E-state index in [0.29, 0.717) is 17.4 Å². The first-order valence-electron chi connectivity index (χ1n) is 12.6. The molecule has 2 amide bonds. The highest BCUT2D eigenvalue weighted by Gasteiger charge is 2.42. The van der Waals surface area contributed by atoms with Crippen molar-refractivity contribution in [3.8, 4) is 0 Å². The second kappa shape index (κ2) is 9.82. The quantitative estimate of drug-likeness (QED) is 0.685. The molecule has 2 aromatic rings. The number of hydrogen-bond acceptors (Lipinski definition) is 5. The monoisotopic (exact) mass is 461 g/mol. The summed E-state index contributed by atoms with van der Waals surface area (Å²) < 4.78 is 0. The van der Waals surface area contributed by atoms with Gasteiger partial charge in [-0.05, 0) is 50.5 Å². The average molecular weight is 462 g/mol. The van der Waals surface area contributed by atoms with E-state index < -0.39 is 0 Å². The van der Waals surface area contributed by atoms with Crippen LogP contribution in [0.1, 0.15) is 59.0 Å². The van der Waals surface area contributed by atoms with Crippen LogP contribution in [0.2, 0.25) is 0 Å². The molecule has 2 unspecified atom stereocenters. The first-order chi connectivity index (χ1) is 16.5. The smallest absolute Gasteiger partial charge is 0.257 e. The minimum atomic E-state index is 0.0526. The molecule has 0 bridgehead atoms. The van der Waals surface area contributed by atoms with Gasteiger partial charge in [0.15, 0.2) is 0 Å². The zero-order chi connectivity index (χ0) is 23.7. The van der Waals surface area contributed by atoms with E-state index in [2.05, 4.69) is 32.3 Å². The Bertz CT molecular complexity index is 1000. The SMILES string of the molecule is Cc1ncnc(C)c1C(=O)N1CC2CN(CC[C@H](NC(=O)C3CCC3)c3ccccc3)CC2C1. The van der Waals surface area contributed by atoms with Crippen LogP contribution in [0.25, 0.3) is 0 Å². The summed E-state index contributed by atoms with van der Waals surface area (Å²) in [7, 11) is 0. The summed E-state index contributed by atoms with van der Waals surface area (Å²) in [6.45, 7) is 8.34. The molecule has 34 heavy (non-hydrogen) atoms. The number of likely N-dealkylation sites (tertiary alicyclic amines) is 2.